The summed E-state index contributed by atoms with van der Waals surface area (Å²) in [5.74, 6) is -0.856. The summed E-state index contributed by atoms with van der Waals surface area (Å²) in [6, 6.07) is 3.70. The van der Waals surface area contributed by atoms with Crippen LogP contribution in [0.1, 0.15) is 11.4 Å². The number of carboxylic acids is 1. The molecule has 0 aliphatic carbocycles. The Morgan fingerprint density at radius 2 is 2.33 bits per heavy atom. The lowest BCUT2D eigenvalue weighted by molar-refractivity contribution is -0.138. The van der Waals surface area contributed by atoms with Crippen LogP contribution in [0.25, 0.3) is 0 Å². The van der Waals surface area contributed by atoms with Crippen LogP contribution in [-0.2, 0) is 24.9 Å². The number of aliphatic carboxylic acids is 1. The normalized spacial score (nSPS) is 11.0. The summed E-state index contributed by atoms with van der Waals surface area (Å²) in [5.41, 5.74) is 1.73. The van der Waals surface area contributed by atoms with Crippen LogP contribution in [-0.4, -0.2) is 42.5 Å². The molecule has 96 valence electrons. The molecule has 7 nitrogen and oxygen atoms in total. The third kappa shape index (κ3) is 3.42. The summed E-state index contributed by atoms with van der Waals surface area (Å²) in [5, 5.41) is 19.8. The molecule has 0 spiro atoms. The summed E-state index contributed by atoms with van der Waals surface area (Å²) >= 11 is 0. The average molecular weight is 249 g/mol. The molecule has 0 aromatic carbocycles. The highest BCUT2D eigenvalue weighted by atomic mass is 16.4. The fraction of sp³-hybridized carbons (Fsp3) is 0.364. The van der Waals surface area contributed by atoms with Crippen LogP contribution < -0.4 is 0 Å². The molecule has 18 heavy (non-hydrogen) atoms. The van der Waals surface area contributed by atoms with Gasteiger partial charge in [0.05, 0.1) is 12.2 Å². The van der Waals surface area contributed by atoms with Gasteiger partial charge in [0.15, 0.2) is 0 Å². The maximum Gasteiger partial charge on any atom is 0.317 e. The van der Waals surface area contributed by atoms with E-state index in [1.165, 1.54) is 0 Å². The number of nitrogens with zero attached hydrogens (tertiary/aromatic N) is 4. The zero-order chi connectivity index (χ0) is 13.0. The lowest BCUT2D eigenvalue weighted by Gasteiger charge is -2.17. The first kappa shape index (κ1) is 12.3. The highest BCUT2D eigenvalue weighted by Gasteiger charge is 2.13. The number of rotatable bonds is 6. The van der Waals surface area contributed by atoms with Crippen molar-refractivity contribution in [3.63, 3.8) is 0 Å². The zero-order valence-electron chi connectivity index (χ0n) is 10.1. The Kier molecular flexibility index (Phi) is 3.73. The molecule has 0 aliphatic heterocycles. The fourth-order valence-corrected chi connectivity index (χ4v) is 1.75. The van der Waals surface area contributed by atoms with Crippen LogP contribution in [0, 0.1) is 0 Å². The topological polar surface area (TPSA) is 87.0 Å². The Morgan fingerprint density at radius 1 is 1.50 bits per heavy atom. The van der Waals surface area contributed by atoms with Crippen molar-refractivity contribution >= 4 is 5.97 Å². The van der Waals surface area contributed by atoms with Crippen molar-refractivity contribution in [2.24, 2.45) is 7.05 Å². The minimum Gasteiger partial charge on any atom is -0.480 e. The quantitative estimate of drug-likeness (QED) is 0.765. The van der Waals surface area contributed by atoms with E-state index in [4.69, 9.17) is 5.11 Å². The van der Waals surface area contributed by atoms with Gasteiger partial charge in [0.25, 0.3) is 0 Å². The Labute approximate surface area is 104 Å². The van der Waals surface area contributed by atoms with Crippen molar-refractivity contribution in [2.45, 2.75) is 13.1 Å². The molecule has 0 radical (unpaired) electrons. The predicted octanol–water partition coefficient (Wildman–Crippen LogP) is 0.230. The highest BCUT2D eigenvalue weighted by Crippen LogP contribution is 2.06. The summed E-state index contributed by atoms with van der Waals surface area (Å²) < 4.78 is 1.70. The van der Waals surface area contributed by atoms with Crippen molar-refractivity contribution in [1.82, 2.24) is 24.9 Å². The Morgan fingerprint density at radius 3 is 2.89 bits per heavy atom. The van der Waals surface area contributed by atoms with E-state index in [-0.39, 0.29) is 6.54 Å². The SMILES string of the molecule is Cn1ccc(CN(CC(=O)O)Cc2ccn[nH]2)n1. The molecule has 0 unspecified atom stereocenters. The molecule has 2 heterocycles. The molecule has 0 atom stereocenters. The molecule has 0 amide bonds. The van der Waals surface area contributed by atoms with Crippen LogP contribution in [0.3, 0.4) is 0 Å². The second-order valence-corrected chi connectivity index (χ2v) is 4.10. The van der Waals surface area contributed by atoms with Crippen molar-refractivity contribution in [2.75, 3.05) is 6.54 Å². The van der Waals surface area contributed by atoms with Crippen LogP contribution in [0.2, 0.25) is 0 Å². The van der Waals surface area contributed by atoms with E-state index < -0.39 is 5.97 Å². The number of nitrogens with one attached hydrogen (secondary N) is 1. The molecule has 0 aliphatic rings. The second kappa shape index (κ2) is 5.46. The van der Waals surface area contributed by atoms with Crippen molar-refractivity contribution in [3.05, 3.63) is 35.9 Å². The van der Waals surface area contributed by atoms with E-state index in [9.17, 15) is 4.79 Å². The molecule has 2 aromatic rings. The van der Waals surface area contributed by atoms with Gasteiger partial charge in [-0.2, -0.15) is 10.2 Å². The lowest BCUT2D eigenvalue weighted by atomic mass is 10.3. The Balaban J connectivity index is 2.02. The molecule has 0 saturated carbocycles. The number of aryl methyl sites for hydroxylation is 1. The monoisotopic (exact) mass is 249 g/mol. The maximum absolute atomic E-state index is 10.8. The largest absolute Gasteiger partial charge is 0.480 e. The molecule has 0 bridgehead atoms. The van der Waals surface area contributed by atoms with Gasteiger partial charge in [0, 0.05) is 38.2 Å². The Bertz CT molecular complexity index is 505. The van der Waals surface area contributed by atoms with Crippen LogP contribution >= 0.6 is 0 Å². The molecular weight excluding hydrogens is 234 g/mol. The van der Waals surface area contributed by atoms with Crippen LogP contribution in [0.5, 0.6) is 0 Å². The molecule has 2 aromatic heterocycles. The Hall–Kier alpha value is -2.15. The molecule has 2 N–H and O–H groups in total. The molecule has 7 heteroatoms. The van der Waals surface area contributed by atoms with E-state index in [1.807, 2.05) is 25.4 Å². The van der Waals surface area contributed by atoms with Crippen molar-refractivity contribution < 1.29 is 9.90 Å². The molecular formula is C11H15N5O2. The number of aromatic nitrogens is 4. The predicted molar refractivity (Wildman–Crippen MR) is 63.5 cm³/mol. The maximum atomic E-state index is 10.8. The van der Waals surface area contributed by atoms with Gasteiger partial charge in [-0.15, -0.1) is 0 Å². The van der Waals surface area contributed by atoms with Crippen LogP contribution in [0.15, 0.2) is 24.5 Å². The summed E-state index contributed by atoms with van der Waals surface area (Å²) in [7, 11) is 1.83. The van der Waals surface area contributed by atoms with E-state index in [0.717, 1.165) is 11.4 Å². The zero-order valence-corrected chi connectivity index (χ0v) is 10.1. The number of aromatic amines is 1. The van der Waals surface area contributed by atoms with Gasteiger partial charge in [0.1, 0.15) is 0 Å². The van der Waals surface area contributed by atoms with Crippen LogP contribution in [0.4, 0.5) is 0 Å². The van der Waals surface area contributed by atoms with Crippen molar-refractivity contribution in [1.29, 1.82) is 0 Å². The van der Waals surface area contributed by atoms with Gasteiger partial charge < -0.3 is 5.11 Å². The van der Waals surface area contributed by atoms with E-state index >= 15 is 0 Å². The van der Waals surface area contributed by atoms with Gasteiger partial charge in [0.2, 0.25) is 0 Å². The highest BCUT2D eigenvalue weighted by molar-refractivity contribution is 5.69. The first-order valence-corrected chi connectivity index (χ1v) is 5.54. The average Bonchev–Trinajstić information content (AvgIpc) is 2.89. The molecule has 0 fully saturated rings. The molecule has 0 saturated heterocycles. The van der Waals surface area contributed by atoms with Gasteiger partial charge in [-0.1, -0.05) is 0 Å². The fourth-order valence-electron chi connectivity index (χ4n) is 1.75. The van der Waals surface area contributed by atoms with Crippen molar-refractivity contribution in [3.8, 4) is 0 Å². The van der Waals surface area contributed by atoms with Gasteiger partial charge in [-0.25, -0.2) is 0 Å². The number of hydrogen-bond acceptors (Lipinski definition) is 4. The number of hydrogen-bond donors (Lipinski definition) is 2. The van der Waals surface area contributed by atoms with E-state index in [0.29, 0.717) is 13.1 Å². The van der Waals surface area contributed by atoms with E-state index in [2.05, 4.69) is 15.3 Å². The summed E-state index contributed by atoms with van der Waals surface area (Å²) in [4.78, 5) is 12.6. The smallest absolute Gasteiger partial charge is 0.317 e. The minimum absolute atomic E-state index is 0.0321. The molecule has 2 rings (SSSR count). The second-order valence-electron chi connectivity index (χ2n) is 4.10. The van der Waals surface area contributed by atoms with E-state index in [1.54, 1.807) is 15.8 Å². The lowest BCUT2D eigenvalue weighted by Crippen LogP contribution is -2.29. The third-order valence-electron chi connectivity index (χ3n) is 2.47. The standard InChI is InChI=1S/C11H15N5O2/c1-15-5-3-10(14-15)7-16(8-11(17)18)6-9-2-4-12-13-9/h2-5H,6-8H2,1H3,(H,12,13)(H,17,18). The minimum atomic E-state index is -0.856. The number of carbonyl (C=O) groups is 1. The van der Waals surface area contributed by atoms with Gasteiger partial charge in [-0.3, -0.25) is 19.5 Å². The summed E-state index contributed by atoms with van der Waals surface area (Å²) in [6.45, 7) is 0.963. The van der Waals surface area contributed by atoms with Gasteiger partial charge >= 0.3 is 5.97 Å². The van der Waals surface area contributed by atoms with Gasteiger partial charge in [-0.05, 0) is 12.1 Å². The number of carboxylic acid groups (broad SMARTS) is 1. The number of H-pyrrole nitrogens is 1. The third-order valence-corrected chi connectivity index (χ3v) is 2.47. The first-order chi connectivity index (χ1) is 8.63. The first-order valence-electron chi connectivity index (χ1n) is 5.54. The summed E-state index contributed by atoms with van der Waals surface area (Å²) in [6.07, 6.45) is 3.49.